The highest BCUT2D eigenvalue weighted by atomic mass is 15.2. The second kappa shape index (κ2) is 6.10. The summed E-state index contributed by atoms with van der Waals surface area (Å²) in [5.74, 6) is 0.989. The number of benzene rings is 1. The summed E-state index contributed by atoms with van der Waals surface area (Å²) in [6, 6.07) is 5.99. The Morgan fingerprint density at radius 2 is 1.71 bits per heavy atom. The van der Waals surface area contributed by atoms with Crippen LogP contribution < -0.4 is 5.32 Å². The van der Waals surface area contributed by atoms with Crippen LogP contribution in [-0.2, 0) is 0 Å². The summed E-state index contributed by atoms with van der Waals surface area (Å²) in [5.41, 5.74) is 5.77. The maximum atomic E-state index is 3.58. The lowest BCUT2D eigenvalue weighted by Crippen LogP contribution is -2.37. The van der Waals surface area contributed by atoms with Crippen molar-refractivity contribution < 1.29 is 0 Å². The Labute approximate surface area is 129 Å². The summed E-state index contributed by atoms with van der Waals surface area (Å²) in [6.45, 7) is 9.22. The molecule has 2 aliphatic carbocycles. The summed E-state index contributed by atoms with van der Waals surface area (Å²) in [6.07, 6.45) is 5.73. The van der Waals surface area contributed by atoms with E-state index in [2.05, 4.69) is 50.2 Å². The first-order valence-corrected chi connectivity index (χ1v) is 8.57. The van der Waals surface area contributed by atoms with Crippen LogP contribution in [0.2, 0.25) is 0 Å². The van der Waals surface area contributed by atoms with Crippen molar-refractivity contribution in [3.63, 3.8) is 0 Å². The molecule has 2 aliphatic rings. The van der Waals surface area contributed by atoms with E-state index in [0.717, 1.165) is 12.0 Å². The fourth-order valence-corrected chi connectivity index (χ4v) is 3.75. The number of aryl methyl sites for hydroxylation is 3. The molecule has 3 rings (SSSR count). The summed E-state index contributed by atoms with van der Waals surface area (Å²) < 4.78 is 0. The molecule has 0 radical (unpaired) electrons. The van der Waals surface area contributed by atoms with Crippen LogP contribution in [0.4, 0.5) is 0 Å². The minimum Gasteiger partial charge on any atom is -0.312 e. The van der Waals surface area contributed by atoms with Crippen LogP contribution >= 0.6 is 0 Å². The highest BCUT2D eigenvalue weighted by Gasteiger charge is 2.35. The van der Waals surface area contributed by atoms with Crippen LogP contribution in [0.15, 0.2) is 12.1 Å². The van der Waals surface area contributed by atoms with E-state index in [4.69, 9.17) is 0 Å². The van der Waals surface area contributed by atoms with E-state index in [-0.39, 0.29) is 0 Å². The first-order valence-electron chi connectivity index (χ1n) is 8.57. The maximum Gasteiger partial charge on any atom is 0.0452 e. The monoisotopic (exact) mass is 286 g/mol. The van der Waals surface area contributed by atoms with Gasteiger partial charge in [0.15, 0.2) is 0 Å². The maximum absolute atomic E-state index is 3.58. The lowest BCUT2D eigenvalue weighted by atomic mass is 9.93. The molecule has 0 amide bonds. The zero-order valence-corrected chi connectivity index (χ0v) is 14.1. The Hall–Kier alpha value is -0.860. The minimum absolute atomic E-state index is 0.463. The molecule has 0 saturated heterocycles. The van der Waals surface area contributed by atoms with Gasteiger partial charge >= 0.3 is 0 Å². The molecule has 1 aromatic carbocycles. The normalized spacial score (nSPS) is 20.0. The predicted octanol–water partition coefficient (Wildman–Crippen LogP) is 3.75. The Morgan fingerprint density at radius 3 is 2.19 bits per heavy atom. The van der Waals surface area contributed by atoms with Gasteiger partial charge in [0, 0.05) is 25.2 Å². The molecule has 0 spiro atoms. The van der Waals surface area contributed by atoms with Gasteiger partial charge in [-0.25, -0.2) is 0 Å². The Bertz CT molecular complexity index is 477. The van der Waals surface area contributed by atoms with E-state index < -0.39 is 0 Å². The van der Waals surface area contributed by atoms with Gasteiger partial charge in [0.2, 0.25) is 0 Å². The van der Waals surface area contributed by atoms with Crippen molar-refractivity contribution in [2.24, 2.45) is 5.92 Å². The van der Waals surface area contributed by atoms with Gasteiger partial charge in [0.25, 0.3) is 0 Å². The number of rotatable bonds is 7. The molecule has 2 heteroatoms. The quantitative estimate of drug-likeness (QED) is 0.821. The average molecular weight is 286 g/mol. The molecule has 2 nitrogen and oxygen atoms in total. The van der Waals surface area contributed by atoms with Crippen LogP contribution in [0.25, 0.3) is 0 Å². The molecule has 0 heterocycles. The topological polar surface area (TPSA) is 15.3 Å². The van der Waals surface area contributed by atoms with Gasteiger partial charge in [-0.1, -0.05) is 17.7 Å². The fraction of sp³-hybridized carbons (Fsp3) is 0.684. The molecule has 116 valence electrons. The first kappa shape index (κ1) is 15.1. The summed E-state index contributed by atoms with van der Waals surface area (Å²) >= 11 is 0. The smallest absolute Gasteiger partial charge is 0.0452 e. The molecule has 21 heavy (non-hydrogen) atoms. The number of hydrogen-bond acceptors (Lipinski definition) is 2. The van der Waals surface area contributed by atoms with E-state index in [1.165, 1.54) is 61.0 Å². The molecule has 0 aliphatic heterocycles. The highest BCUT2D eigenvalue weighted by Crippen LogP contribution is 2.36. The summed E-state index contributed by atoms with van der Waals surface area (Å²) in [7, 11) is 2.12. The Kier molecular flexibility index (Phi) is 4.37. The molecular weight excluding hydrogens is 256 g/mol. The largest absolute Gasteiger partial charge is 0.312 e. The second-order valence-electron chi connectivity index (χ2n) is 7.28. The average Bonchev–Trinajstić information content (AvgIpc) is 3.27. The van der Waals surface area contributed by atoms with Crippen molar-refractivity contribution in [3.8, 4) is 0 Å². The van der Waals surface area contributed by atoms with Gasteiger partial charge < -0.3 is 5.32 Å². The third-order valence-corrected chi connectivity index (χ3v) is 5.10. The Morgan fingerprint density at radius 1 is 1.10 bits per heavy atom. The molecule has 1 aromatic rings. The van der Waals surface area contributed by atoms with Crippen molar-refractivity contribution in [2.75, 3.05) is 20.1 Å². The van der Waals surface area contributed by atoms with Crippen LogP contribution in [0.3, 0.4) is 0 Å². The van der Waals surface area contributed by atoms with Crippen LogP contribution in [0.1, 0.15) is 54.0 Å². The third-order valence-electron chi connectivity index (χ3n) is 5.10. The lowest BCUT2D eigenvalue weighted by molar-refractivity contribution is 0.227. The lowest BCUT2D eigenvalue weighted by Gasteiger charge is -2.29. The highest BCUT2D eigenvalue weighted by molar-refractivity contribution is 5.39. The number of nitrogens with one attached hydrogen (secondary N) is 1. The van der Waals surface area contributed by atoms with Gasteiger partial charge in [0.05, 0.1) is 0 Å². The summed E-state index contributed by atoms with van der Waals surface area (Å²) in [5, 5.41) is 3.58. The molecule has 1 unspecified atom stereocenters. The SMILES string of the molecule is CNC(CN(CC1CC1)C1CC1)c1c(C)cc(C)cc1C. The zero-order chi connectivity index (χ0) is 15.0. The summed E-state index contributed by atoms with van der Waals surface area (Å²) in [4.78, 5) is 2.76. The van der Waals surface area contributed by atoms with Gasteiger partial charge in [0.1, 0.15) is 0 Å². The van der Waals surface area contributed by atoms with E-state index >= 15 is 0 Å². The van der Waals surface area contributed by atoms with Gasteiger partial charge in [-0.15, -0.1) is 0 Å². The third kappa shape index (κ3) is 3.67. The van der Waals surface area contributed by atoms with E-state index in [9.17, 15) is 0 Å². The number of likely N-dealkylation sites (N-methyl/N-ethyl adjacent to an activating group) is 1. The van der Waals surface area contributed by atoms with E-state index in [0.29, 0.717) is 6.04 Å². The molecule has 0 aromatic heterocycles. The molecule has 1 atom stereocenters. The Balaban J connectivity index is 1.77. The van der Waals surface area contributed by atoms with Crippen molar-refractivity contribution in [1.29, 1.82) is 0 Å². The number of nitrogens with zero attached hydrogens (tertiary/aromatic N) is 1. The minimum atomic E-state index is 0.463. The number of hydrogen-bond donors (Lipinski definition) is 1. The van der Waals surface area contributed by atoms with Gasteiger partial charge in [-0.2, -0.15) is 0 Å². The van der Waals surface area contributed by atoms with E-state index in [1.54, 1.807) is 0 Å². The van der Waals surface area contributed by atoms with Crippen LogP contribution in [-0.4, -0.2) is 31.1 Å². The zero-order valence-electron chi connectivity index (χ0n) is 14.1. The fourth-order valence-electron chi connectivity index (χ4n) is 3.75. The molecular formula is C19H30N2. The van der Waals surface area contributed by atoms with Crippen LogP contribution in [0, 0.1) is 26.7 Å². The van der Waals surface area contributed by atoms with Gasteiger partial charge in [-0.3, -0.25) is 4.90 Å². The second-order valence-corrected chi connectivity index (χ2v) is 7.28. The predicted molar refractivity (Wildman–Crippen MR) is 89.8 cm³/mol. The molecule has 2 fully saturated rings. The van der Waals surface area contributed by atoms with E-state index in [1.807, 2.05) is 0 Å². The van der Waals surface area contributed by atoms with Crippen molar-refractivity contribution >= 4 is 0 Å². The standard InChI is InChI=1S/C19H30N2/c1-13-9-14(2)19(15(3)10-13)18(20-4)12-21(17-7-8-17)11-16-5-6-16/h9-10,16-18,20H,5-8,11-12H2,1-4H3. The van der Waals surface area contributed by atoms with Crippen molar-refractivity contribution in [3.05, 3.63) is 34.4 Å². The van der Waals surface area contributed by atoms with Crippen molar-refractivity contribution in [2.45, 2.75) is 58.5 Å². The molecule has 2 saturated carbocycles. The molecule has 1 N–H and O–H groups in total. The van der Waals surface area contributed by atoms with Crippen molar-refractivity contribution in [1.82, 2.24) is 10.2 Å². The van der Waals surface area contributed by atoms with Crippen LogP contribution in [0.5, 0.6) is 0 Å². The van der Waals surface area contributed by atoms with Gasteiger partial charge in [-0.05, 0) is 76.1 Å². The first-order chi connectivity index (χ1) is 10.1. The molecule has 0 bridgehead atoms.